The van der Waals surface area contributed by atoms with Gasteiger partial charge in [0.15, 0.2) is 0 Å². The Kier molecular flexibility index (Phi) is 4.56. The van der Waals surface area contributed by atoms with Crippen LogP contribution in [-0.2, 0) is 11.2 Å². The molecule has 0 aromatic heterocycles. The zero-order valence-electron chi connectivity index (χ0n) is 10.2. The second kappa shape index (κ2) is 6.40. The summed E-state index contributed by atoms with van der Waals surface area (Å²) in [5, 5.41) is 3.22. The van der Waals surface area contributed by atoms with Gasteiger partial charge in [-0.25, -0.2) is 0 Å². The molecule has 1 aliphatic heterocycles. The molecule has 3 nitrogen and oxygen atoms in total. The highest BCUT2D eigenvalue weighted by molar-refractivity contribution is 5.78. The first-order valence-corrected chi connectivity index (χ1v) is 6.39. The molecule has 1 saturated heterocycles. The molecule has 2 rings (SSSR count). The highest BCUT2D eigenvalue weighted by Gasteiger charge is 2.16. The Labute approximate surface area is 103 Å². The van der Waals surface area contributed by atoms with Crippen molar-refractivity contribution in [3.05, 3.63) is 35.9 Å². The molecule has 1 aliphatic rings. The highest BCUT2D eigenvalue weighted by atomic mass is 16.2. The van der Waals surface area contributed by atoms with E-state index < -0.39 is 0 Å². The van der Waals surface area contributed by atoms with E-state index in [0.717, 1.165) is 38.9 Å². The van der Waals surface area contributed by atoms with Crippen molar-refractivity contribution in [2.24, 2.45) is 0 Å². The Hall–Kier alpha value is -1.35. The van der Waals surface area contributed by atoms with Crippen molar-refractivity contribution in [1.82, 2.24) is 10.2 Å². The molecule has 0 spiro atoms. The van der Waals surface area contributed by atoms with Crippen LogP contribution in [0.2, 0.25) is 0 Å². The van der Waals surface area contributed by atoms with Crippen LogP contribution in [0.5, 0.6) is 0 Å². The first-order chi connectivity index (χ1) is 8.36. The lowest BCUT2D eigenvalue weighted by Crippen LogP contribution is -2.36. The number of carbonyl (C=O) groups is 1. The largest absolute Gasteiger partial charge is 0.342 e. The van der Waals surface area contributed by atoms with Crippen LogP contribution in [0.4, 0.5) is 0 Å². The minimum Gasteiger partial charge on any atom is -0.342 e. The quantitative estimate of drug-likeness (QED) is 0.779. The van der Waals surface area contributed by atoms with E-state index in [1.807, 2.05) is 23.1 Å². The summed E-state index contributed by atoms with van der Waals surface area (Å²) >= 11 is 0. The Bertz CT molecular complexity index is 344. The number of likely N-dealkylation sites (tertiary alicyclic amines) is 1. The monoisotopic (exact) mass is 232 g/mol. The fourth-order valence-corrected chi connectivity index (χ4v) is 2.15. The fraction of sp³-hybridized carbons (Fsp3) is 0.500. The zero-order chi connectivity index (χ0) is 11.9. The van der Waals surface area contributed by atoms with Crippen LogP contribution in [-0.4, -0.2) is 37.0 Å². The molecule has 1 fully saturated rings. The summed E-state index contributed by atoms with van der Waals surface area (Å²) in [6.07, 6.45) is 3.31. The first kappa shape index (κ1) is 12.1. The summed E-state index contributed by atoms with van der Waals surface area (Å²) in [6, 6.07) is 10.3. The van der Waals surface area contributed by atoms with Gasteiger partial charge < -0.3 is 10.2 Å². The van der Waals surface area contributed by atoms with Crippen LogP contribution < -0.4 is 5.32 Å². The highest BCUT2D eigenvalue weighted by Crippen LogP contribution is 2.06. The third-order valence-electron chi connectivity index (χ3n) is 3.17. The molecule has 3 heteroatoms. The normalized spacial score (nSPS) is 15.2. The molecule has 17 heavy (non-hydrogen) atoms. The van der Waals surface area contributed by atoms with Gasteiger partial charge in [0.25, 0.3) is 0 Å². The third-order valence-corrected chi connectivity index (χ3v) is 3.17. The number of benzene rings is 1. The maximum atomic E-state index is 11.7. The van der Waals surface area contributed by atoms with Crippen molar-refractivity contribution in [1.29, 1.82) is 0 Å². The lowest BCUT2D eigenvalue weighted by atomic mass is 10.1. The molecule has 1 N–H and O–H groups in total. The Morgan fingerprint density at radius 1 is 1.18 bits per heavy atom. The Balaban J connectivity index is 1.61. The van der Waals surface area contributed by atoms with E-state index in [9.17, 15) is 4.79 Å². The maximum absolute atomic E-state index is 11.7. The van der Waals surface area contributed by atoms with Gasteiger partial charge in [-0.2, -0.15) is 0 Å². The Morgan fingerprint density at radius 3 is 2.59 bits per heavy atom. The average molecular weight is 232 g/mol. The van der Waals surface area contributed by atoms with Gasteiger partial charge in [0.1, 0.15) is 0 Å². The summed E-state index contributed by atoms with van der Waals surface area (Å²) in [5.74, 6) is 0.246. The topological polar surface area (TPSA) is 32.3 Å². The van der Waals surface area contributed by atoms with Crippen molar-refractivity contribution >= 4 is 5.91 Å². The lowest BCUT2D eigenvalue weighted by molar-refractivity contribution is -0.129. The lowest BCUT2D eigenvalue weighted by Gasteiger charge is -2.15. The van der Waals surface area contributed by atoms with Crippen LogP contribution in [0.25, 0.3) is 0 Å². The minimum absolute atomic E-state index is 0.246. The zero-order valence-corrected chi connectivity index (χ0v) is 10.2. The molecule has 1 aromatic rings. The first-order valence-electron chi connectivity index (χ1n) is 6.39. The molecule has 0 saturated carbocycles. The van der Waals surface area contributed by atoms with Crippen LogP contribution in [0, 0.1) is 0 Å². The summed E-state index contributed by atoms with van der Waals surface area (Å²) in [6.45, 7) is 3.23. The van der Waals surface area contributed by atoms with E-state index in [0.29, 0.717) is 6.54 Å². The van der Waals surface area contributed by atoms with E-state index >= 15 is 0 Å². The van der Waals surface area contributed by atoms with E-state index in [4.69, 9.17) is 0 Å². The van der Waals surface area contributed by atoms with Crippen LogP contribution in [0.1, 0.15) is 18.4 Å². The average Bonchev–Trinajstić information content (AvgIpc) is 2.89. The van der Waals surface area contributed by atoms with E-state index in [1.54, 1.807) is 0 Å². The Morgan fingerprint density at radius 2 is 1.88 bits per heavy atom. The summed E-state index contributed by atoms with van der Waals surface area (Å²) in [4.78, 5) is 13.7. The van der Waals surface area contributed by atoms with Gasteiger partial charge in [0.05, 0.1) is 6.54 Å². The molecule has 0 bridgehead atoms. The van der Waals surface area contributed by atoms with E-state index in [2.05, 4.69) is 17.4 Å². The summed E-state index contributed by atoms with van der Waals surface area (Å²) in [5.41, 5.74) is 1.31. The molecule has 0 atom stereocenters. The standard InChI is InChI=1S/C14H20N2O/c17-14(16-10-4-5-11-16)12-15-9-8-13-6-2-1-3-7-13/h1-3,6-7,15H,4-5,8-12H2. The second-order valence-electron chi connectivity index (χ2n) is 4.50. The number of rotatable bonds is 5. The molecule has 0 radical (unpaired) electrons. The minimum atomic E-state index is 0.246. The maximum Gasteiger partial charge on any atom is 0.236 e. The number of amides is 1. The SMILES string of the molecule is O=C(CNCCc1ccccc1)N1CCCC1. The molecule has 0 unspecified atom stereocenters. The predicted octanol–water partition coefficient (Wildman–Crippen LogP) is 1.44. The van der Waals surface area contributed by atoms with Gasteiger partial charge in [-0.05, 0) is 31.4 Å². The van der Waals surface area contributed by atoms with Crippen molar-refractivity contribution < 1.29 is 4.79 Å². The summed E-state index contributed by atoms with van der Waals surface area (Å²) in [7, 11) is 0. The number of nitrogens with zero attached hydrogens (tertiary/aromatic N) is 1. The fourth-order valence-electron chi connectivity index (χ4n) is 2.15. The van der Waals surface area contributed by atoms with Crippen LogP contribution in [0.3, 0.4) is 0 Å². The van der Waals surface area contributed by atoms with Gasteiger partial charge in [-0.15, -0.1) is 0 Å². The number of hydrogen-bond donors (Lipinski definition) is 1. The third kappa shape index (κ3) is 3.86. The van der Waals surface area contributed by atoms with Crippen molar-refractivity contribution in [3.8, 4) is 0 Å². The molecular weight excluding hydrogens is 212 g/mol. The van der Waals surface area contributed by atoms with Crippen molar-refractivity contribution in [3.63, 3.8) is 0 Å². The number of hydrogen-bond acceptors (Lipinski definition) is 2. The van der Waals surface area contributed by atoms with Crippen LogP contribution in [0.15, 0.2) is 30.3 Å². The van der Waals surface area contributed by atoms with Crippen molar-refractivity contribution in [2.75, 3.05) is 26.2 Å². The molecule has 1 heterocycles. The molecule has 1 aromatic carbocycles. The van der Waals surface area contributed by atoms with Gasteiger partial charge in [-0.3, -0.25) is 4.79 Å². The molecule has 92 valence electrons. The van der Waals surface area contributed by atoms with Crippen molar-refractivity contribution in [2.45, 2.75) is 19.3 Å². The summed E-state index contributed by atoms with van der Waals surface area (Å²) < 4.78 is 0. The second-order valence-corrected chi connectivity index (χ2v) is 4.50. The predicted molar refractivity (Wildman–Crippen MR) is 68.8 cm³/mol. The molecular formula is C14H20N2O. The number of carbonyl (C=O) groups excluding carboxylic acids is 1. The molecule has 0 aliphatic carbocycles. The van der Waals surface area contributed by atoms with Gasteiger partial charge in [0, 0.05) is 13.1 Å². The van der Waals surface area contributed by atoms with E-state index in [-0.39, 0.29) is 5.91 Å². The smallest absolute Gasteiger partial charge is 0.236 e. The van der Waals surface area contributed by atoms with E-state index in [1.165, 1.54) is 5.56 Å². The van der Waals surface area contributed by atoms with Gasteiger partial charge in [0.2, 0.25) is 5.91 Å². The van der Waals surface area contributed by atoms with Crippen LogP contribution >= 0.6 is 0 Å². The molecule has 1 amide bonds. The van der Waals surface area contributed by atoms with Gasteiger partial charge >= 0.3 is 0 Å². The number of nitrogens with one attached hydrogen (secondary N) is 1. The van der Waals surface area contributed by atoms with Gasteiger partial charge in [-0.1, -0.05) is 30.3 Å².